The van der Waals surface area contributed by atoms with E-state index in [1.165, 1.54) is 19.3 Å². The van der Waals surface area contributed by atoms with Crippen molar-refractivity contribution in [1.29, 1.82) is 0 Å². The van der Waals surface area contributed by atoms with Crippen LogP contribution in [0.1, 0.15) is 37.9 Å². The SMILES string of the molecule is CCCCCNCC(O)c1ccsc1. The minimum atomic E-state index is -0.345. The largest absolute Gasteiger partial charge is 0.387 e. The second-order valence-electron chi connectivity index (χ2n) is 3.48. The zero-order valence-corrected chi connectivity index (χ0v) is 9.52. The van der Waals surface area contributed by atoms with Crippen LogP contribution in [0.25, 0.3) is 0 Å². The Morgan fingerprint density at radius 3 is 3.00 bits per heavy atom. The molecule has 0 amide bonds. The number of hydrogen-bond acceptors (Lipinski definition) is 3. The Labute approximate surface area is 90.0 Å². The number of aliphatic hydroxyl groups is 1. The zero-order chi connectivity index (χ0) is 10.2. The van der Waals surface area contributed by atoms with Crippen LogP contribution in [-0.4, -0.2) is 18.2 Å². The van der Waals surface area contributed by atoms with Gasteiger partial charge in [0.1, 0.15) is 0 Å². The molecule has 0 fully saturated rings. The lowest BCUT2D eigenvalue weighted by Gasteiger charge is -2.09. The van der Waals surface area contributed by atoms with E-state index in [4.69, 9.17) is 0 Å². The van der Waals surface area contributed by atoms with E-state index >= 15 is 0 Å². The van der Waals surface area contributed by atoms with Crippen LogP contribution in [0, 0.1) is 0 Å². The lowest BCUT2D eigenvalue weighted by atomic mass is 10.2. The fourth-order valence-corrected chi connectivity index (χ4v) is 2.03. The number of aliphatic hydroxyl groups excluding tert-OH is 1. The molecule has 0 aliphatic heterocycles. The van der Waals surface area contributed by atoms with Gasteiger partial charge in [0, 0.05) is 6.54 Å². The van der Waals surface area contributed by atoms with E-state index < -0.39 is 0 Å². The molecule has 2 N–H and O–H groups in total. The molecule has 1 aromatic heterocycles. The molecule has 1 unspecified atom stereocenters. The molecule has 0 aliphatic carbocycles. The summed E-state index contributed by atoms with van der Waals surface area (Å²) in [6, 6.07) is 1.98. The second kappa shape index (κ2) is 6.98. The first kappa shape index (κ1) is 11.7. The Balaban J connectivity index is 2.07. The Morgan fingerprint density at radius 1 is 1.50 bits per heavy atom. The summed E-state index contributed by atoms with van der Waals surface area (Å²) in [5, 5.41) is 17.0. The van der Waals surface area contributed by atoms with Crippen LogP contribution >= 0.6 is 11.3 Å². The highest BCUT2D eigenvalue weighted by Crippen LogP contribution is 2.14. The molecule has 3 heteroatoms. The van der Waals surface area contributed by atoms with Gasteiger partial charge in [-0.3, -0.25) is 0 Å². The standard InChI is InChI=1S/C11H19NOS/c1-2-3-4-6-12-8-11(13)10-5-7-14-9-10/h5,7,9,11-13H,2-4,6,8H2,1H3. The van der Waals surface area contributed by atoms with Crippen molar-refractivity contribution in [1.82, 2.24) is 5.32 Å². The Bertz CT molecular complexity index is 223. The summed E-state index contributed by atoms with van der Waals surface area (Å²) < 4.78 is 0. The zero-order valence-electron chi connectivity index (χ0n) is 8.70. The van der Waals surface area contributed by atoms with Crippen LogP contribution in [0.2, 0.25) is 0 Å². The molecule has 0 saturated heterocycles. The van der Waals surface area contributed by atoms with Gasteiger partial charge in [-0.1, -0.05) is 19.8 Å². The van der Waals surface area contributed by atoms with Gasteiger partial charge in [0.2, 0.25) is 0 Å². The third-order valence-electron chi connectivity index (χ3n) is 2.22. The minimum Gasteiger partial charge on any atom is -0.387 e. The number of hydrogen-bond donors (Lipinski definition) is 2. The van der Waals surface area contributed by atoms with Gasteiger partial charge >= 0.3 is 0 Å². The Morgan fingerprint density at radius 2 is 2.36 bits per heavy atom. The summed E-state index contributed by atoms with van der Waals surface area (Å²) in [5.41, 5.74) is 1.03. The predicted octanol–water partition coefficient (Wildman–Crippen LogP) is 2.56. The van der Waals surface area contributed by atoms with Crippen LogP contribution in [0.4, 0.5) is 0 Å². The number of nitrogens with one attached hydrogen (secondary N) is 1. The average Bonchev–Trinajstić information content (AvgIpc) is 2.70. The van der Waals surface area contributed by atoms with Crippen LogP contribution < -0.4 is 5.32 Å². The van der Waals surface area contributed by atoms with E-state index in [1.54, 1.807) is 11.3 Å². The Kier molecular flexibility index (Phi) is 5.83. The molecule has 2 nitrogen and oxygen atoms in total. The maximum absolute atomic E-state index is 9.71. The molecule has 14 heavy (non-hydrogen) atoms. The molecule has 1 heterocycles. The molecule has 0 aromatic carbocycles. The molecular weight excluding hydrogens is 194 g/mol. The third kappa shape index (κ3) is 4.22. The predicted molar refractivity (Wildman–Crippen MR) is 61.7 cm³/mol. The molecule has 0 saturated carbocycles. The molecule has 0 radical (unpaired) electrons. The van der Waals surface area contributed by atoms with Crippen LogP contribution in [0.3, 0.4) is 0 Å². The second-order valence-corrected chi connectivity index (χ2v) is 4.26. The van der Waals surface area contributed by atoms with Crippen molar-refractivity contribution in [3.8, 4) is 0 Å². The summed E-state index contributed by atoms with van der Waals surface area (Å²) >= 11 is 1.63. The van der Waals surface area contributed by atoms with Crippen LogP contribution in [0.5, 0.6) is 0 Å². The van der Waals surface area contributed by atoms with Crippen molar-refractivity contribution >= 4 is 11.3 Å². The number of rotatable bonds is 7. The summed E-state index contributed by atoms with van der Waals surface area (Å²) in [6.07, 6.45) is 3.37. The van der Waals surface area contributed by atoms with Crippen molar-refractivity contribution in [2.75, 3.05) is 13.1 Å². The summed E-state index contributed by atoms with van der Waals surface area (Å²) in [4.78, 5) is 0. The van der Waals surface area contributed by atoms with E-state index in [-0.39, 0.29) is 6.10 Å². The summed E-state index contributed by atoms with van der Waals surface area (Å²) in [7, 11) is 0. The van der Waals surface area contributed by atoms with Crippen LogP contribution in [-0.2, 0) is 0 Å². The van der Waals surface area contributed by atoms with E-state index in [0.717, 1.165) is 12.1 Å². The van der Waals surface area contributed by atoms with Gasteiger partial charge in [-0.2, -0.15) is 11.3 Å². The summed E-state index contributed by atoms with van der Waals surface area (Å²) in [6.45, 7) is 3.87. The van der Waals surface area contributed by atoms with E-state index in [0.29, 0.717) is 6.54 Å². The van der Waals surface area contributed by atoms with E-state index in [2.05, 4.69) is 12.2 Å². The molecule has 1 rings (SSSR count). The van der Waals surface area contributed by atoms with Crippen molar-refractivity contribution < 1.29 is 5.11 Å². The van der Waals surface area contributed by atoms with Gasteiger partial charge in [-0.15, -0.1) is 0 Å². The first-order chi connectivity index (χ1) is 6.84. The monoisotopic (exact) mass is 213 g/mol. The fourth-order valence-electron chi connectivity index (χ4n) is 1.32. The maximum Gasteiger partial charge on any atom is 0.0922 e. The molecule has 0 aliphatic rings. The molecule has 1 atom stereocenters. The fraction of sp³-hybridized carbons (Fsp3) is 0.636. The average molecular weight is 213 g/mol. The van der Waals surface area contributed by atoms with Gasteiger partial charge in [-0.25, -0.2) is 0 Å². The normalized spacial score (nSPS) is 13.0. The maximum atomic E-state index is 9.71. The Hall–Kier alpha value is -0.380. The van der Waals surface area contributed by atoms with Gasteiger partial charge < -0.3 is 10.4 Å². The highest BCUT2D eigenvalue weighted by molar-refractivity contribution is 7.07. The lowest BCUT2D eigenvalue weighted by molar-refractivity contribution is 0.175. The highest BCUT2D eigenvalue weighted by atomic mass is 32.1. The third-order valence-corrected chi connectivity index (χ3v) is 2.92. The van der Waals surface area contributed by atoms with Gasteiger partial charge in [-0.05, 0) is 35.4 Å². The molecule has 0 spiro atoms. The van der Waals surface area contributed by atoms with Crippen molar-refractivity contribution in [2.24, 2.45) is 0 Å². The molecule has 80 valence electrons. The van der Waals surface area contributed by atoms with Crippen LogP contribution in [0.15, 0.2) is 16.8 Å². The topological polar surface area (TPSA) is 32.3 Å². The summed E-state index contributed by atoms with van der Waals surface area (Å²) in [5.74, 6) is 0. The number of unbranched alkanes of at least 4 members (excludes halogenated alkanes) is 2. The first-order valence-corrected chi connectivity index (χ1v) is 6.19. The first-order valence-electron chi connectivity index (χ1n) is 5.25. The van der Waals surface area contributed by atoms with E-state index in [9.17, 15) is 5.11 Å². The molecule has 0 bridgehead atoms. The molecular formula is C11H19NOS. The number of thiophene rings is 1. The van der Waals surface area contributed by atoms with E-state index in [1.807, 2.05) is 16.8 Å². The van der Waals surface area contributed by atoms with Gasteiger partial charge in [0.25, 0.3) is 0 Å². The van der Waals surface area contributed by atoms with Crippen molar-refractivity contribution in [2.45, 2.75) is 32.3 Å². The highest BCUT2D eigenvalue weighted by Gasteiger charge is 2.05. The quantitative estimate of drug-likeness (QED) is 0.682. The molecule has 1 aromatic rings. The van der Waals surface area contributed by atoms with Crippen molar-refractivity contribution in [3.63, 3.8) is 0 Å². The van der Waals surface area contributed by atoms with Gasteiger partial charge in [0.15, 0.2) is 0 Å². The van der Waals surface area contributed by atoms with Gasteiger partial charge in [0.05, 0.1) is 6.10 Å². The lowest BCUT2D eigenvalue weighted by Crippen LogP contribution is -2.22. The smallest absolute Gasteiger partial charge is 0.0922 e. The van der Waals surface area contributed by atoms with Crippen molar-refractivity contribution in [3.05, 3.63) is 22.4 Å². The minimum absolute atomic E-state index is 0.345.